The summed E-state index contributed by atoms with van der Waals surface area (Å²) in [5.74, 6) is 0.951. The zero-order chi connectivity index (χ0) is 15.5. The lowest BCUT2D eigenvalue weighted by molar-refractivity contribution is -0.121. The van der Waals surface area contributed by atoms with Crippen LogP contribution < -0.4 is 11.1 Å². The number of amides is 1. The number of nitrogens with one attached hydrogen (secondary N) is 1. The van der Waals surface area contributed by atoms with Gasteiger partial charge in [-0.2, -0.15) is 0 Å². The lowest BCUT2D eigenvalue weighted by atomic mass is 10.0. The van der Waals surface area contributed by atoms with Crippen LogP contribution >= 0.6 is 0 Å². The first-order chi connectivity index (χ1) is 10.1. The SMILES string of the molecule is CC(C)CCCCCCNC(=O)CCc1ccc(N)cc1. The summed E-state index contributed by atoms with van der Waals surface area (Å²) in [6, 6.07) is 7.73. The van der Waals surface area contributed by atoms with E-state index >= 15 is 0 Å². The van der Waals surface area contributed by atoms with Gasteiger partial charge in [0.25, 0.3) is 0 Å². The van der Waals surface area contributed by atoms with Gasteiger partial charge in [0.15, 0.2) is 0 Å². The topological polar surface area (TPSA) is 55.1 Å². The van der Waals surface area contributed by atoms with Crippen LogP contribution in [0.2, 0.25) is 0 Å². The maximum Gasteiger partial charge on any atom is 0.220 e. The minimum atomic E-state index is 0.147. The van der Waals surface area contributed by atoms with E-state index in [4.69, 9.17) is 5.73 Å². The van der Waals surface area contributed by atoms with Crippen LogP contribution in [0.4, 0.5) is 5.69 Å². The van der Waals surface area contributed by atoms with Crippen LogP contribution in [0, 0.1) is 5.92 Å². The minimum Gasteiger partial charge on any atom is -0.399 e. The number of benzene rings is 1. The van der Waals surface area contributed by atoms with E-state index in [9.17, 15) is 4.79 Å². The highest BCUT2D eigenvalue weighted by Crippen LogP contribution is 2.09. The van der Waals surface area contributed by atoms with E-state index in [1.807, 2.05) is 24.3 Å². The van der Waals surface area contributed by atoms with Crippen LogP contribution in [-0.2, 0) is 11.2 Å². The van der Waals surface area contributed by atoms with Gasteiger partial charge in [-0.1, -0.05) is 51.7 Å². The molecule has 0 radical (unpaired) electrons. The van der Waals surface area contributed by atoms with Gasteiger partial charge in [-0.25, -0.2) is 0 Å². The molecule has 1 amide bonds. The molecule has 3 N–H and O–H groups in total. The molecular weight excluding hydrogens is 260 g/mol. The second kappa shape index (κ2) is 10.3. The van der Waals surface area contributed by atoms with Gasteiger partial charge in [-0.05, 0) is 36.5 Å². The molecule has 0 atom stereocenters. The molecule has 0 saturated carbocycles. The summed E-state index contributed by atoms with van der Waals surface area (Å²) in [7, 11) is 0. The van der Waals surface area contributed by atoms with Gasteiger partial charge >= 0.3 is 0 Å². The number of anilines is 1. The molecule has 0 bridgehead atoms. The van der Waals surface area contributed by atoms with Gasteiger partial charge in [0.1, 0.15) is 0 Å². The summed E-state index contributed by atoms with van der Waals surface area (Å²) in [4.78, 5) is 11.7. The largest absolute Gasteiger partial charge is 0.399 e. The predicted molar refractivity (Wildman–Crippen MR) is 90.1 cm³/mol. The van der Waals surface area contributed by atoms with Crippen molar-refractivity contribution >= 4 is 11.6 Å². The van der Waals surface area contributed by atoms with Crippen LogP contribution in [0.1, 0.15) is 57.9 Å². The highest BCUT2D eigenvalue weighted by atomic mass is 16.1. The lowest BCUT2D eigenvalue weighted by Crippen LogP contribution is -2.24. The van der Waals surface area contributed by atoms with E-state index < -0.39 is 0 Å². The van der Waals surface area contributed by atoms with E-state index in [1.54, 1.807) is 0 Å². The van der Waals surface area contributed by atoms with Crippen molar-refractivity contribution in [2.24, 2.45) is 5.92 Å². The molecule has 3 heteroatoms. The summed E-state index contributed by atoms with van der Waals surface area (Å²) >= 11 is 0. The van der Waals surface area contributed by atoms with Gasteiger partial charge < -0.3 is 11.1 Å². The number of nitrogen functional groups attached to an aromatic ring is 1. The van der Waals surface area contributed by atoms with E-state index in [0.29, 0.717) is 6.42 Å². The Labute approximate surface area is 129 Å². The van der Waals surface area contributed by atoms with E-state index in [2.05, 4.69) is 19.2 Å². The van der Waals surface area contributed by atoms with Gasteiger partial charge in [0, 0.05) is 18.7 Å². The van der Waals surface area contributed by atoms with Gasteiger partial charge in [-0.15, -0.1) is 0 Å². The van der Waals surface area contributed by atoms with Crippen LogP contribution in [0.25, 0.3) is 0 Å². The molecule has 0 unspecified atom stereocenters. The first-order valence-electron chi connectivity index (χ1n) is 8.19. The molecule has 21 heavy (non-hydrogen) atoms. The zero-order valence-corrected chi connectivity index (χ0v) is 13.5. The third kappa shape index (κ3) is 9.11. The van der Waals surface area contributed by atoms with Crippen molar-refractivity contribution in [3.63, 3.8) is 0 Å². The smallest absolute Gasteiger partial charge is 0.220 e. The Morgan fingerprint density at radius 1 is 1.10 bits per heavy atom. The fourth-order valence-corrected chi connectivity index (χ4v) is 2.29. The first kappa shape index (κ1) is 17.5. The molecule has 0 heterocycles. The maximum absolute atomic E-state index is 11.7. The molecule has 118 valence electrons. The number of hydrogen-bond donors (Lipinski definition) is 2. The highest BCUT2D eigenvalue weighted by molar-refractivity contribution is 5.76. The van der Waals surface area contributed by atoms with Crippen molar-refractivity contribution in [2.45, 2.75) is 58.8 Å². The number of hydrogen-bond acceptors (Lipinski definition) is 2. The second-order valence-corrected chi connectivity index (χ2v) is 6.19. The Bertz CT molecular complexity index is 398. The summed E-state index contributed by atoms with van der Waals surface area (Å²) in [5, 5.41) is 3.00. The lowest BCUT2D eigenvalue weighted by Gasteiger charge is -2.06. The predicted octanol–water partition coefficient (Wildman–Crippen LogP) is 3.92. The molecular formula is C18H30N2O. The highest BCUT2D eigenvalue weighted by Gasteiger charge is 2.02. The number of carbonyl (C=O) groups is 1. The number of carbonyl (C=O) groups excluding carboxylic acids is 1. The molecule has 0 fully saturated rings. The monoisotopic (exact) mass is 290 g/mol. The Kier molecular flexibility index (Phi) is 8.56. The Balaban J connectivity index is 2.00. The Hall–Kier alpha value is -1.51. The summed E-state index contributed by atoms with van der Waals surface area (Å²) in [6.45, 7) is 5.34. The number of aryl methyl sites for hydroxylation is 1. The van der Waals surface area contributed by atoms with Gasteiger partial charge in [0.2, 0.25) is 5.91 Å². The average molecular weight is 290 g/mol. The number of rotatable bonds is 10. The van der Waals surface area contributed by atoms with Crippen LogP contribution in [-0.4, -0.2) is 12.5 Å². The minimum absolute atomic E-state index is 0.147. The molecule has 0 spiro atoms. The van der Waals surface area contributed by atoms with Crippen molar-refractivity contribution in [2.75, 3.05) is 12.3 Å². The van der Waals surface area contributed by atoms with E-state index in [1.165, 1.54) is 25.7 Å². The third-order valence-corrected chi connectivity index (χ3v) is 3.65. The van der Waals surface area contributed by atoms with Crippen molar-refractivity contribution in [3.8, 4) is 0 Å². The fourth-order valence-electron chi connectivity index (χ4n) is 2.29. The summed E-state index contributed by atoms with van der Waals surface area (Å²) in [6.07, 6.45) is 7.53. The summed E-state index contributed by atoms with van der Waals surface area (Å²) < 4.78 is 0. The van der Waals surface area contributed by atoms with Crippen LogP contribution in [0.3, 0.4) is 0 Å². The normalized spacial score (nSPS) is 10.8. The molecule has 0 aromatic heterocycles. The van der Waals surface area contributed by atoms with Crippen LogP contribution in [0.15, 0.2) is 24.3 Å². The summed E-state index contributed by atoms with van der Waals surface area (Å²) in [5.41, 5.74) is 7.56. The number of unbranched alkanes of at least 4 members (excludes halogenated alkanes) is 3. The van der Waals surface area contributed by atoms with E-state index in [0.717, 1.165) is 36.6 Å². The van der Waals surface area contributed by atoms with Crippen LogP contribution in [0.5, 0.6) is 0 Å². The van der Waals surface area contributed by atoms with Crippen molar-refractivity contribution in [1.82, 2.24) is 5.32 Å². The average Bonchev–Trinajstić information content (AvgIpc) is 2.45. The fraction of sp³-hybridized carbons (Fsp3) is 0.611. The first-order valence-corrected chi connectivity index (χ1v) is 8.19. The molecule has 0 aliphatic heterocycles. The molecule has 0 aliphatic carbocycles. The number of nitrogens with two attached hydrogens (primary N) is 1. The third-order valence-electron chi connectivity index (χ3n) is 3.65. The molecule has 3 nitrogen and oxygen atoms in total. The molecule has 1 rings (SSSR count). The Morgan fingerprint density at radius 3 is 2.43 bits per heavy atom. The molecule has 0 saturated heterocycles. The second-order valence-electron chi connectivity index (χ2n) is 6.19. The molecule has 1 aromatic rings. The molecule has 0 aliphatic rings. The Morgan fingerprint density at radius 2 is 1.76 bits per heavy atom. The van der Waals surface area contributed by atoms with Crippen molar-refractivity contribution < 1.29 is 4.79 Å². The van der Waals surface area contributed by atoms with Gasteiger partial charge in [0.05, 0.1) is 0 Å². The zero-order valence-electron chi connectivity index (χ0n) is 13.5. The van der Waals surface area contributed by atoms with E-state index in [-0.39, 0.29) is 5.91 Å². The van der Waals surface area contributed by atoms with Gasteiger partial charge in [-0.3, -0.25) is 4.79 Å². The van der Waals surface area contributed by atoms with Crippen molar-refractivity contribution in [3.05, 3.63) is 29.8 Å². The van der Waals surface area contributed by atoms with Crippen molar-refractivity contribution in [1.29, 1.82) is 0 Å². The maximum atomic E-state index is 11.7. The quantitative estimate of drug-likeness (QED) is 0.507. The molecule has 1 aromatic carbocycles. The standard InChI is InChI=1S/C18H30N2O/c1-15(2)7-5-3-4-6-14-20-18(21)13-10-16-8-11-17(19)12-9-16/h8-9,11-12,15H,3-7,10,13-14,19H2,1-2H3,(H,20,21).